The number of carbonyl (C=O) groups excluding carboxylic acids is 1. The van der Waals surface area contributed by atoms with Crippen LogP contribution >= 0.6 is 35.0 Å². The molecular formula is C18H17Cl2N5OS. The summed E-state index contributed by atoms with van der Waals surface area (Å²) in [6.07, 6.45) is 0. The van der Waals surface area contributed by atoms with E-state index in [1.807, 2.05) is 37.3 Å². The third-order valence-corrected chi connectivity index (χ3v) is 5.34. The maximum absolute atomic E-state index is 12.2. The smallest absolute Gasteiger partial charge is 0.230 e. The number of nitrogens with one attached hydrogen (secondary N) is 1. The van der Waals surface area contributed by atoms with Gasteiger partial charge in [-0.15, -0.1) is 10.2 Å². The van der Waals surface area contributed by atoms with E-state index in [4.69, 9.17) is 29.0 Å². The van der Waals surface area contributed by atoms with Gasteiger partial charge in [0.25, 0.3) is 0 Å². The Labute approximate surface area is 171 Å². The maximum Gasteiger partial charge on any atom is 0.230 e. The molecule has 0 saturated carbocycles. The van der Waals surface area contributed by atoms with Crippen molar-refractivity contribution in [3.63, 3.8) is 0 Å². The van der Waals surface area contributed by atoms with Crippen LogP contribution in [0.3, 0.4) is 0 Å². The summed E-state index contributed by atoms with van der Waals surface area (Å²) < 4.78 is 1.31. The Bertz CT molecular complexity index is 948. The number of halogens is 2. The Balaban J connectivity index is 1.63. The van der Waals surface area contributed by atoms with Crippen molar-refractivity contribution in [1.29, 1.82) is 0 Å². The molecule has 0 bridgehead atoms. The summed E-state index contributed by atoms with van der Waals surface area (Å²) in [6, 6.07) is 14.7. The van der Waals surface area contributed by atoms with Crippen LogP contribution in [0.5, 0.6) is 0 Å². The molecule has 0 spiro atoms. The molecule has 27 heavy (non-hydrogen) atoms. The van der Waals surface area contributed by atoms with Crippen LogP contribution in [-0.2, 0) is 4.79 Å². The van der Waals surface area contributed by atoms with Gasteiger partial charge in [-0.05, 0) is 30.7 Å². The summed E-state index contributed by atoms with van der Waals surface area (Å²) in [7, 11) is 0. The number of hydrogen-bond acceptors (Lipinski definition) is 5. The van der Waals surface area contributed by atoms with Crippen LogP contribution in [0.4, 0.5) is 0 Å². The number of nitrogens with zero attached hydrogens (tertiary/aromatic N) is 3. The molecule has 0 aliphatic rings. The zero-order valence-electron chi connectivity index (χ0n) is 14.4. The summed E-state index contributed by atoms with van der Waals surface area (Å²) in [5.74, 6) is 6.52. The molecule has 0 saturated heterocycles. The Kier molecular flexibility index (Phi) is 6.26. The van der Waals surface area contributed by atoms with E-state index in [2.05, 4.69) is 15.5 Å². The third kappa shape index (κ3) is 4.74. The number of benzene rings is 2. The fourth-order valence-corrected chi connectivity index (χ4v) is 3.63. The van der Waals surface area contributed by atoms with E-state index in [0.29, 0.717) is 26.6 Å². The molecule has 140 valence electrons. The molecule has 3 rings (SSSR count). The molecule has 1 aromatic heterocycles. The first-order chi connectivity index (χ1) is 13.0. The van der Waals surface area contributed by atoms with Crippen molar-refractivity contribution in [2.24, 2.45) is 0 Å². The van der Waals surface area contributed by atoms with Crippen LogP contribution in [0.15, 0.2) is 53.7 Å². The van der Waals surface area contributed by atoms with Crippen molar-refractivity contribution in [2.75, 3.05) is 11.6 Å². The summed E-state index contributed by atoms with van der Waals surface area (Å²) in [4.78, 5) is 12.2. The summed E-state index contributed by atoms with van der Waals surface area (Å²) in [5.41, 5.74) is 1.66. The third-order valence-electron chi connectivity index (χ3n) is 3.85. The second-order valence-electron chi connectivity index (χ2n) is 5.79. The molecule has 0 radical (unpaired) electrons. The fraction of sp³-hybridized carbons (Fsp3) is 0.167. The lowest BCUT2D eigenvalue weighted by atomic mass is 10.1. The highest BCUT2D eigenvalue weighted by atomic mass is 35.5. The van der Waals surface area contributed by atoms with Crippen LogP contribution in [-0.4, -0.2) is 26.5 Å². The maximum atomic E-state index is 12.2. The second-order valence-corrected chi connectivity index (χ2v) is 7.58. The van der Waals surface area contributed by atoms with Crippen molar-refractivity contribution in [2.45, 2.75) is 18.1 Å². The second kappa shape index (κ2) is 8.65. The van der Waals surface area contributed by atoms with Gasteiger partial charge in [0.2, 0.25) is 11.1 Å². The quantitative estimate of drug-likeness (QED) is 0.464. The number of aromatic nitrogens is 3. The molecule has 9 heteroatoms. The number of amides is 1. The van der Waals surface area contributed by atoms with Gasteiger partial charge in [0.1, 0.15) is 0 Å². The number of hydrogen-bond donors (Lipinski definition) is 2. The van der Waals surface area contributed by atoms with Gasteiger partial charge in [-0.1, -0.05) is 65.3 Å². The Morgan fingerprint density at radius 3 is 2.67 bits per heavy atom. The molecule has 2 aromatic carbocycles. The standard InChI is InChI=1S/C18H17Cl2N5OS/c1-11(12-5-3-2-4-6-12)22-16(26)10-27-18-24-23-17(25(18)21)14-8-7-13(19)9-15(14)20/h2-9,11H,10,21H2,1H3,(H,22,26)/t11-/m0/s1. The number of nitrogens with two attached hydrogens (primary N) is 1. The molecule has 0 aliphatic heterocycles. The normalized spacial score (nSPS) is 12.0. The van der Waals surface area contributed by atoms with E-state index in [-0.39, 0.29) is 17.7 Å². The first-order valence-corrected chi connectivity index (χ1v) is 9.83. The Morgan fingerprint density at radius 1 is 1.22 bits per heavy atom. The Morgan fingerprint density at radius 2 is 1.96 bits per heavy atom. The summed E-state index contributed by atoms with van der Waals surface area (Å²) >= 11 is 13.3. The summed E-state index contributed by atoms with van der Waals surface area (Å²) in [5, 5.41) is 12.4. The zero-order chi connectivity index (χ0) is 19.4. The van der Waals surface area contributed by atoms with Crippen molar-refractivity contribution in [1.82, 2.24) is 20.2 Å². The van der Waals surface area contributed by atoms with Crippen LogP contribution in [0.25, 0.3) is 11.4 Å². The van der Waals surface area contributed by atoms with Gasteiger partial charge in [0.05, 0.1) is 16.8 Å². The highest BCUT2D eigenvalue weighted by Gasteiger charge is 2.17. The molecule has 0 fully saturated rings. The van der Waals surface area contributed by atoms with Gasteiger partial charge in [-0.25, -0.2) is 4.68 Å². The lowest BCUT2D eigenvalue weighted by Crippen LogP contribution is -2.28. The van der Waals surface area contributed by atoms with E-state index in [1.165, 1.54) is 16.4 Å². The van der Waals surface area contributed by atoms with E-state index in [9.17, 15) is 4.79 Å². The van der Waals surface area contributed by atoms with E-state index < -0.39 is 0 Å². The van der Waals surface area contributed by atoms with Crippen LogP contribution < -0.4 is 11.2 Å². The van der Waals surface area contributed by atoms with Gasteiger partial charge in [-0.2, -0.15) is 0 Å². The molecule has 0 unspecified atom stereocenters. The number of carbonyl (C=O) groups is 1. The van der Waals surface area contributed by atoms with Gasteiger partial charge in [-0.3, -0.25) is 4.79 Å². The van der Waals surface area contributed by atoms with Crippen LogP contribution in [0, 0.1) is 0 Å². The van der Waals surface area contributed by atoms with Crippen LogP contribution in [0.1, 0.15) is 18.5 Å². The minimum Gasteiger partial charge on any atom is -0.349 e. The SMILES string of the molecule is C[C@H](NC(=O)CSc1nnc(-c2ccc(Cl)cc2Cl)n1N)c1ccccc1. The number of nitrogen functional groups attached to an aromatic ring is 1. The van der Waals surface area contributed by atoms with E-state index >= 15 is 0 Å². The Hall–Kier alpha value is -2.22. The van der Waals surface area contributed by atoms with E-state index in [0.717, 1.165) is 5.56 Å². The first-order valence-electron chi connectivity index (χ1n) is 8.08. The highest BCUT2D eigenvalue weighted by molar-refractivity contribution is 7.99. The lowest BCUT2D eigenvalue weighted by molar-refractivity contribution is -0.119. The molecule has 0 aliphatic carbocycles. The fourth-order valence-electron chi connectivity index (χ4n) is 2.47. The number of rotatable bonds is 6. The minimum atomic E-state index is -0.120. The number of thioether (sulfide) groups is 1. The molecule has 1 atom stereocenters. The molecular weight excluding hydrogens is 405 g/mol. The summed E-state index contributed by atoms with van der Waals surface area (Å²) in [6.45, 7) is 1.93. The highest BCUT2D eigenvalue weighted by Crippen LogP contribution is 2.30. The average Bonchev–Trinajstić information content (AvgIpc) is 3.01. The largest absolute Gasteiger partial charge is 0.349 e. The molecule has 3 aromatic rings. The van der Waals surface area contributed by atoms with Crippen LogP contribution in [0.2, 0.25) is 10.0 Å². The first kappa shape index (κ1) is 19.5. The van der Waals surface area contributed by atoms with Crippen molar-refractivity contribution >= 4 is 40.9 Å². The van der Waals surface area contributed by atoms with Crippen molar-refractivity contribution in [3.05, 3.63) is 64.1 Å². The predicted molar refractivity (Wildman–Crippen MR) is 109 cm³/mol. The monoisotopic (exact) mass is 421 g/mol. The van der Waals surface area contributed by atoms with Gasteiger partial charge in [0, 0.05) is 10.6 Å². The molecule has 1 amide bonds. The topological polar surface area (TPSA) is 85.8 Å². The van der Waals surface area contributed by atoms with Gasteiger partial charge in [0.15, 0.2) is 5.82 Å². The van der Waals surface area contributed by atoms with Gasteiger partial charge >= 0.3 is 0 Å². The van der Waals surface area contributed by atoms with Gasteiger partial charge < -0.3 is 11.2 Å². The lowest BCUT2D eigenvalue weighted by Gasteiger charge is -2.13. The molecule has 3 N–H and O–H groups in total. The molecule has 1 heterocycles. The van der Waals surface area contributed by atoms with Crippen molar-refractivity contribution in [3.8, 4) is 11.4 Å². The average molecular weight is 422 g/mol. The predicted octanol–water partition coefficient (Wildman–Crippen LogP) is 3.94. The zero-order valence-corrected chi connectivity index (χ0v) is 16.7. The minimum absolute atomic E-state index is 0.0847. The molecule has 6 nitrogen and oxygen atoms in total. The van der Waals surface area contributed by atoms with E-state index in [1.54, 1.807) is 18.2 Å². The van der Waals surface area contributed by atoms with Crippen molar-refractivity contribution < 1.29 is 4.79 Å².